The highest BCUT2D eigenvalue weighted by atomic mass is 79.9. The molecule has 1 aromatic carbocycles. The number of thioether (sulfide) groups is 1. The third kappa shape index (κ3) is 4.24. The molecule has 0 amide bonds. The average molecular weight is 317 g/mol. The number of nitrogens with two attached hydrogens (primary N) is 1. The molecule has 1 rings (SSSR count). The molecule has 1 aromatic rings. The van der Waals surface area contributed by atoms with Crippen LogP contribution in [0.2, 0.25) is 0 Å². The molecule has 0 atom stereocenters. The Morgan fingerprint density at radius 2 is 2.12 bits per heavy atom. The second-order valence-corrected chi connectivity index (χ2v) is 6.39. The summed E-state index contributed by atoms with van der Waals surface area (Å²) in [6, 6.07) is 8.11. The number of amidine groups is 1. The normalized spacial score (nSPS) is 12.8. The minimum absolute atomic E-state index is 0.275. The quantitative estimate of drug-likeness (QED) is 0.286. The van der Waals surface area contributed by atoms with Gasteiger partial charge >= 0.3 is 0 Å². The first kappa shape index (κ1) is 14.4. The summed E-state index contributed by atoms with van der Waals surface area (Å²) in [5.41, 5.74) is 5.37. The van der Waals surface area contributed by atoms with Crippen molar-refractivity contribution >= 4 is 33.5 Å². The van der Waals surface area contributed by atoms with Crippen LogP contribution in [0.15, 0.2) is 38.8 Å². The smallest absolute Gasteiger partial charge is 0.144 e. The molecule has 17 heavy (non-hydrogen) atoms. The fourth-order valence-corrected chi connectivity index (χ4v) is 3.08. The lowest BCUT2D eigenvalue weighted by Crippen LogP contribution is -2.32. The zero-order chi connectivity index (χ0) is 12.9. The van der Waals surface area contributed by atoms with Gasteiger partial charge in [0, 0.05) is 14.8 Å². The van der Waals surface area contributed by atoms with E-state index in [1.807, 2.05) is 32.0 Å². The van der Waals surface area contributed by atoms with E-state index >= 15 is 0 Å². The van der Waals surface area contributed by atoms with E-state index in [4.69, 9.17) is 10.9 Å². The molecule has 0 aliphatic heterocycles. The number of hydrogen-bond donors (Lipinski definition) is 2. The van der Waals surface area contributed by atoms with Gasteiger partial charge in [0.1, 0.15) is 5.84 Å². The van der Waals surface area contributed by atoms with Gasteiger partial charge in [0.2, 0.25) is 0 Å². The zero-order valence-electron chi connectivity index (χ0n) is 9.98. The molecule has 94 valence electrons. The van der Waals surface area contributed by atoms with Crippen LogP contribution in [0, 0.1) is 5.41 Å². The zero-order valence-corrected chi connectivity index (χ0v) is 12.4. The molecule has 0 radical (unpaired) electrons. The van der Waals surface area contributed by atoms with Crippen molar-refractivity contribution in [1.82, 2.24) is 0 Å². The molecule has 0 saturated carbocycles. The Balaban J connectivity index is 2.51. The van der Waals surface area contributed by atoms with Gasteiger partial charge in [0.15, 0.2) is 0 Å². The van der Waals surface area contributed by atoms with Crippen molar-refractivity contribution < 1.29 is 5.21 Å². The highest BCUT2D eigenvalue weighted by Crippen LogP contribution is 2.30. The molecule has 0 aromatic heterocycles. The van der Waals surface area contributed by atoms with Crippen molar-refractivity contribution in [1.29, 1.82) is 0 Å². The molecule has 0 fully saturated rings. The molecular weight excluding hydrogens is 300 g/mol. The molecule has 3 N–H and O–H groups in total. The molecule has 0 saturated heterocycles. The minimum Gasteiger partial charge on any atom is -0.409 e. The molecule has 0 bridgehead atoms. The van der Waals surface area contributed by atoms with Crippen molar-refractivity contribution in [2.45, 2.75) is 25.2 Å². The van der Waals surface area contributed by atoms with Gasteiger partial charge in [-0.1, -0.05) is 31.1 Å². The van der Waals surface area contributed by atoms with Crippen molar-refractivity contribution in [3.8, 4) is 0 Å². The van der Waals surface area contributed by atoms with Gasteiger partial charge in [-0.25, -0.2) is 0 Å². The molecular formula is C12H17BrN2OS. The number of nitrogens with zero attached hydrogens (tertiary/aromatic N) is 1. The van der Waals surface area contributed by atoms with Crippen molar-refractivity contribution in [2.24, 2.45) is 16.3 Å². The van der Waals surface area contributed by atoms with Crippen LogP contribution in [0.25, 0.3) is 0 Å². The Morgan fingerprint density at radius 3 is 2.71 bits per heavy atom. The summed E-state index contributed by atoms with van der Waals surface area (Å²) in [4.78, 5) is 1.21. The maximum Gasteiger partial charge on any atom is 0.144 e. The molecule has 0 heterocycles. The lowest BCUT2D eigenvalue weighted by Gasteiger charge is -2.22. The maximum absolute atomic E-state index is 8.68. The van der Waals surface area contributed by atoms with Crippen molar-refractivity contribution in [3.63, 3.8) is 0 Å². The Morgan fingerprint density at radius 1 is 1.47 bits per heavy atom. The molecule has 5 heteroatoms. The minimum atomic E-state index is -0.275. The van der Waals surface area contributed by atoms with Crippen LogP contribution in [-0.2, 0) is 0 Å². The van der Waals surface area contributed by atoms with Crippen LogP contribution in [0.1, 0.15) is 20.3 Å². The fourth-order valence-electron chi connectivity index (χ4n) is 1.24. The van der Waals surface area contributed by atoms with E-state index in [2.05, 4.69) is 27.2 Å². The van der Waals surface area contributed by atoms with E-state index in [-0.39, 0.29) is 11.3 Å². The standard InChI is InChI=1S/C12H17BrN2OS/c1-12(2,11(14)15-16)7-8-17-10-6-4-3-5-9(10)13/h3-6,16H,7-8H2,1-2H3,(H2,14,15). The molecule has 0 spiro atoms. The lowest BCUT2D eigenvalue weighted by molar-refractivity contribution is 0.307. The van der Waals surface area contributed by atoms with Gasteiger partial charge in [0.05, 0.1) is 0 Å². The van der Waals surface area contributed by atoms with Crippen molar-refractivity contribution in [2.75, 3.05) is 5.75 Å². The SMILES string of the molecule is CC(C)(CCSc1ccccc1Br)C(N)=NO. The predicted octanol–water partition coefficient (Wildman–Crippen LogP) is 3.70. The summed E-state index contributed by atoms with van der Waals surface area (Å²) in [5.74, 6) is 1.21. The summed E-state index contributed by atoms with van der Waals surface area (Å²) in [6.07, 6.45) is 0.856. The summed E-state index contributed by atoms with van der Waals surface area (Å²) in [7, 11) is 0. The Labute approximate surface area is 115 Å². The number of benzene rings is 1. The molecule has 0 unspecified atom stereocenters. The Hall–Kier alpha value is -0.680. The van der Waals surface area contributed by atoms with E-state index in [1.165, 1.54) is 4.90 Å². The van der Waals surface area contributed by atoms with E-state index in [1.54, 1.807) is 11.8 Å². The average Bonchev–Trinajstić information content (AvgIpc) is 2.30. The summed E-state index contributed by atoms with van der Waals surface area (Å²) < 4.78 is 1.10. The number of rotatable bonds is 5. The molecule has 3 nitrogen and oxygen atoms in total. The van der Waals surface area contributed by atoms with Crippen LogP contribution < -0.4 is 5.73 Å². The first-order valence-corrected chi connectivity index (χ1v) is 7.10. The monoisotopic (exact) mass is 316 g/mol. The van der Waals surface area contributed by atoms with Crippen molar-refractivity contribution in [3.05, 3.63) is 28.7 Å². The topological polar surface area (TPSA) is 58.6 Å². The van der Waals surface area contributed by atoms with E-state index < -0.39 is 0 Å². The van der Waals surface area contributed by atoms with Crippen LogP contribution in [-0.4, -0.2) is 16.8 Å². The Kier molecular flexibility index (Phi) is 5.33. The Bertz CT molecular complexity index is 407. The maximum atomic E-state index is 8.68. The lowest BCUT2D eigenvalue weighted by atomic mass is 9.89. The summed E-state index contributed by atoms with van der Waals surface area (Å²) >= 11 is 5.27. The fraction of sp³-hybridized carbons (Fsp3) is 0.417. The van der Waals surface area contributed by atoms with Gasteiger partial charge in [0.25, 0.3) is 0 Å². The predicted molar refractivity (Wildman–Crippen MR) is 76.7 cm³/mol. The molecule has 0 aliphatic carbocycles. The van der Waals surface area contributed by atoms with Gasteiger partial charge in [-0.2, -0.15) is 0 Å². The third-order valence-electron chi connectivity index (χ3n) is 2.62. The van der Waals surface area contributed by atoms with E-state index in [9.17, 15) is 0 Å². The van der Waals surface area contributed by atoms with Crippen LogP contribution in [0.5, 0.6) is 0 Å². The van der Waals surface area contributed by atoms with E-state index in [0.29, 0.717) is 0 Å². The van der Waals surface area contributed by atoms with E-state index in [0.717, 1.165) is 16.6 Å². The second kappa shape index (κ2) is 6.31. The number of halogens is 1. The molecule has 0 aliphatic rings. The summed E-state index contributed by atoms with van der Waals surface area (Å²) in [6.45, 7) is 3.95. The van der Waals surface area contributed by atoms with Crippen LogP contribution >= 0.6 is 27.7 Å². The highest BCUT2D eigenvalue weighted by molar-refractivity contribution is 9.10. The number of hydrogen-bond acceptors (Lipinski definition) is 3. The highest BCUT2D eigenvalue weighted by Gasteiger charge is 2.23. The number of oxime groups is 1. The van der Waals surface area contributed by atoms with Crippen LogP contribution in [0.3, 0.4) is 0 Å². The third-order valence-corrected chi connectivity index (χ3v) is 4.65. The second-order valence-electron chi connectivity index (χ2n) is 4.40. The first-order chi connectivity index (χ1) is 7.97. The van der Waals surface area contributed by atoms with Gasteiger partial charge in [-0.15, -0.1) is 11.8 Å². The largest absolute Gasteiger partial charge is 0.409 e. The van der Waals surface area contributed by atoms with Gasteiger partial charge in [-0.3, -0.25) is 0 Å². The van der Waals surface area contributed by atoms with Gasteiger partial charge in [-0.05, 0) is 40.2 Å². The first-order valence-electron chi connectivity index (χ1n) is 5.32. The van der Waals surface area contributed by atoms with Gasteiger partial charge < -0.3 is 10.9 Å². The summed E-state index contributed by atoms with van der Waals surface area (Å²) in [5, 5.41) is 11.8. The van der Waals surface area contributed by atoms with Crippen LogP contribution in [0.4, 0.5) is 0 Å².